The number of hydrogen-bond acceptors (Lipinski definition) is 3. The fourth-order valence-electron chi connectivity index (χ4n) is 2.22. The van der Waals surface area contributed by atoms with Gasteiger partial charge in [-0.3, -0.25) is 0 Å². The second-order valence-electron chi connectivity index (χ2n) is 6.96. The smallest absolute Gasteiger partial charge is 0.408 e. The van der Waals surface area contributed by atoms with Crippen LogP contribution in [0.3, 0.4) is 0 Å². The van der Waals surface area contributed by atoms with Gasteiger partial charge in [0.2, 0.25) is 0 Å². The maximum Gasteiger partial charge on any atom is 0.408 e. The van der Waals surface area contributed by atoms with E-state index in [2.05, 4.69) is 25.2 Å². The van der Waals surface area contributed by atoms with Gasteiger partial charge in [0.15, 0.2) is 0 Å². The number of carbonyl (C=O) groups excluding carboxylic acids is 2. The van der Waals surface area contributed by atoms with Crippen molar-refractivity contribution in [1.29, 1.82) is 0 Å². The molecule has 0 unspecified atom stereocenters. The molecule has 0 aliphatic heterocycles. The summed E-state index contributed by atoms with van der Waals surface area (Å²) in [5.74, 6) is 0.537. The molecule has 0 aromatic heterocycles. The SMILES string of the molecule is CC(C)Cc1ccccc1C[C@@H](C=O)NC(=O)OC(C)(C)C. The average Bonchev–Trinajstić information content (AvgIpc) is 2.37. The second-order valence-corrected chi connectivity index (χ2v) is 6.96. The van der Waals surface area contributed by atoms with Crippen molar-refractivity contribution in [3.8, 4) is 0 Å². The third kappa shape index (κ3) is 6.74. The minimum absolute atomic E-state index is 0.478. The lowest BCUT2D eigenvalue weighted by Crippen LogP contribution is -2.41. The van der Waals surface area contributed by atoms with E-state index in [1.807, 2.05) is 18.2 Å². The van der Waals surface area contributed by atoms with Gasteiger partial charge in [0, 0.05) is 0 Å². The van der Waals surface area contributed by atoms with Gasteiger partial charge in [-0.2, -0.15) is 0 Å². The molecule has 0 spiro atoms. The molecule has 0 fully saturated rings. The lowest BCUT2D eigenvalue weighted by molar-refractivity contribution is -0.109. The van der Waals surface area contributed by atoms with Crippen LogP contribution in [0.25, 0.3) is 0 Å². The molecule has 1 aromatic carbocycles. The predicted octanol–water partition coefficient (Wildman–Crippen LogP) is 3.52. The summed E-state index contributed by atoms with van der Waals surface area (Å²) in [5.41, 5.74) is 1.73. The molecule has 1 amide bonds. The number of hydrogen-bond donors (Lipinski definition) is 1. The van der Waals surface area contributed by atoms with Crippen LogP contribution in [0.4, 0.5) is 4.79 Å². The Morgan fingerprint density at radius 1 is 1.18 bits per heavy atom. The van der Waals surface area contributed by atoms with Crippen molar-refractivity contribution in [3.05, 3.63) is 35.4 Å². The fraction of sp³-hybridized carbons (Fsp3) is 0.556. The first-order valence-corrected chi connectivity index (χ1v) is 7.73. The van der Waals surface area contributed by atoms with Crippen LogP contribution in [0, 0.1) is 5.92 Å². The summed E-state index contributed by atoms with van der Waals surface area (Å²) < 4.78 is 5.19. The molecule has 22 heavy (non-hydrogen) atoms. The van der Waals surface area contributed by atoms with E-state index >= 15 is 0 Å². The van der Waals surface area contributed by atoms with Crippen molar-refractivity contribution < 1.29 is 14.3 Å². The molecular formula is C18H27NO3. The van der Waals surface area contributed by atoms with Gasteiger partial charge >= 0.3 is 6.09 Å². The Labute approximate surface area is 133 Å². The number of nitrogens with one attached hydrogen (secondary N) is 1. The number of benzene rings is 1. The molecule has 1 aromatic rings. The number of ether oxygens (including phenoxy) is 1. The van der Waals surface area contributed by atoms with Gasteiger partial charge in [-0.15, -0.1) is 0 Å². The van der Waals surface area contributed by atoms with Crippen molar-refractivity contribution in [3.63, 3.8) is 0 Å². The zero-order valence-electron chi connectivity index (χ0n) is 14.2. The Kier molecular flexibility index (Phi) is 6.60. The fourth-order valence-corrected chi connectivity index (χ4v) is 2.22. The number of amides is 1. The van der Waals surface area contributed by atoms with Gasteiger partial charge < -0.3 is 14.8 Å². The van der Waals surface area contributed by atoms with E-state index in [0.717, 1.165) is 18.3 Å². The molecule has 0 radical (unpaired) electrons. The van der Waals surface area contributed by atoms with Crippen molar-refractivity contribution >= 4 is 12.4 Å². The largest absolute Gasteiger partial charge is 0.444 e. The molecule has 1 N–H and O–H groups in total. The molecule has 0 saturated carbocycles. The number of aldehydes is 1. The third-order valence-corrected chi connectivity index (χ3v) is 3.05. The Bertz CT molecular complexity index is 503. The lowest BCUT2D eigenvalue weighted by atomic mass is 9.94. The number of rotatable bonds is 6. The standard InChI is InChI=1S/C18H27NO3/c1-13(2)10-14-8-6-7-9-15(14)11-16(12-20)19-17(21)22-18(3,4)5/h6-9,12-13,16H,10-11H2,1-5H3,(H,19,21)/t16-/m0/s1. The summed E-state index contributed by atoms with van der Waals surface area (Å²) in [6, 6.07) is 7.45. The molecule has 1 rings (SSSR count). The molecule has 122 valence electrons. The molecule has 4 heteroatoms. The normalized spacial score (nSPS) is 12.8. The Balaban J connectivity index is 2.74. The number of carbonyl (C=O) groups is 2. The van der Waals surface area contributed by atoms with Gasteiger partial charge in [-0.25, -0.2) is 4.79 Å². The van der Waals surface area contributed by atoms with Crippen LogP contribution in [0.5, 0.6) is 0 Å². The molecule has 0 heterocycles. The molecule has 1 atom stereocenters. The van der Waals surface area contributed by atoms with Gasteiger partial charge in [0.25, 0.3) is 0 Å². The highest BCUT2D eigenvalue weighted by Gasteiger charge is 2.20. The van der Waals surface area contributed by atoms with Gasteiger partial charge in [-0.05, 0) is 50.7 Å². The first-order valence-electron chi connectivity index (χ1n) is 7.73. The van der Waals surface area contributed by atoms with Crippen LogP contribution >= 0.6 is 0 Å². The van der Waals surface area contributed by atoms with Crippen LogP contribution in [-0.2, 0) is 22.4 Å². The monoisotopic (exact) mass is 305 g/mol. The minimum Gasteiger partial charge on any atom is -0.444 e. The zero-order valence-corrected chi connectivity index (χ0v) is 14.2. The van der Waals surface area contributed by atoms with E-state index in [1.54, 1.807) is 20.8 Å². The Morgan fingerprint density at radius 3 is 2.18 bits per heavy atom. The topological polar surface area (TPSA) is 55.4 Å². The highest BCUT2D eigenvalue weighted by atomic mass is 16.6. The van der Waals surface area contributed by atoms with E-state index < -0.39 is 17.7 Å². The minimum atomic E-state index is -0.580. The summed E-state index contributed by atoms with van der Waals surface area (Å²) in [5, 5.41) is 2.62. The maximum atomic E-state index is 11.8. The van der Waals surface area contributed by atoms with Crippen LogP contribution in [0.2, 0.25) is 0 Å². The van der Waals surface area contributed by atoms with Crippen molar-refractivity contribution in [2.75, 3.05) is 0 Å². The van der Waals surface area contributed by atoms with E-state index in [-0.39, 0.29) is 0 Å². The quantitative estimate of drug-likeness (QED) is 0.818. The molecule has 0 bridgehead atoms. The van der Waals surface area contributed by atoms with Gasteiger partial charge in [-0.1, -0.05) is 38.1 Å². The summed E-state index contributed by atoms with van der Waals surface area (Å²) in [6.45, 7) is 9.70. The Morgan fingerprint density at radius 2 is 1.73 bits per heavy atom. The summed E-state index contributed by atoms with van der Waals surface area (Å²) in [7, 11) is 0. The van der Waals surface area contributed by atoms with Crippen LogP contribution in [-0.4, -0.2) is 24.0 Å². The van der Waals surface area contributed by atoms with Crippen molar-refractivity contribution in [1.82, 2.24) is 5.32 Å². The zero-order chi connectivity index (χ0) is 16.8. The van der Waals surface area contributed by atoms with Gasteiger partial charge in [0.05, 0.1) is 6.04 Å². The molecule has 4 nitrogen and oxygen atoms in total. The first kappa shape index (κ1) is 18.2. The highest BCUT2D eigenvalue weighted by molar-refractivity contribution is 5.73. The van der Waals surface area contributed by atoms with E-state index in [4.69, 9.17) is 4.74 Å². The van der Waals surface area contributed by atoms with Crippen LogP contribution < -0.4 is 5.32 Å². The first-order chi connectivity index (χ1) is 10.2. The summed E-state index contributed by atoms with van der Waals surface area (Å²) in [6.07, 6.45) is 1.63. The molecule has 0 aliphatic carbocycles. The lowest BCUT2D eigenvalue weighted by Gasteiger charge is -2.22. The summed E-state index contributed by atoms with van der Waals surface area (Å²) >= 11 is 0. The number of alkyl carbamates (subject to hydrolysis) is 1. The van der Waals surface area contributed by atoms with E-state index in [9.17, 15) is 9.59 Å². The predicted molar refractivity (Wildman–Crippen MR) is 87.9 cm³/mol. The highest BCUT2D eigenvalue weighted by Crippen LogP contribution is 2.16. The summed E-state index contributed by atoms with van der Waals surface area (Å²) in [4.78, 5) is 23.1. The van der Waals surface area contributed by atoms with E-state index in [1.165, 1.54) is 5.56 Å². The van der Waals surface area contributed by atoms with Crippen LogP contribution in [0.15, 0.2) is 24.3 Å². The molecule has 0 aliphatic rings. The molecule has 0 saturated heterocycles. The van der Waals surface area contributed by atoms with Crippen LogP contribution in [0.1, 0.15) is 45.7 Å². The van der Waals surface area contributed by atoms with Crippen molar-refractivity contribution in [2.45, 2.75) is 59.1 Å². The third-order valence-electron chi connectivity index (χ3n) is 3.05. The molecular weight excluding hydrogens is 278 g/mol. The van der Waals surface area contributed by atoms with Crippen molar-refractivity contribution in [2.24, 2.45) is 5.92 Å². The Hall–Kier alpha value is -1.84. The maximum absolute atomic E-state index is 11.8. The average molecular weight is 305 g/mol. The van der Waals surface area contributed by atoms with E-state index in [0.29, 0.717) is 12.3 Å². The van der Waals surface area contributed by atoms with Gasteiger partial charge in [0.1, 0.15) is 11.9 Å². The second kappa shape index (κ2) is 7.97.